The molecule has 0 radical (unpaired) electrons. The third kappa shape index (κ3) is 6.25. The van der Waals surface area contributed by atoms with Crippen molar-refractivity contribution in [2.75, 3.05) is 44.7 Å². The van der Waals surface area contributed by atoms with Gasteiger partial charge in [0.05, 0.1) is 5.69 Å². The molecule has 9 heteroatoms. The molecular formula is C31H38BrFN4O3. The largest absolute Gasteiger partial charge is 0.369 e. The summed E-state index contributed by atoms with van der Waals surface area (Å²) in [4.78, 5) is 42.8. The Balaban J connectivity index is 1.13. The molecule has 2 amide bonds. The summed E-state index contributed by atoms with van der Waals surface area (Å²) >= 11 is 3.34. The highest BCUT2D eigenvalue weighted by Crippen LogP contribution is 2.34. The number of nitrogens with zero attached hydrogens (tertiary/aromatic N) is 3. The number of nitrogens with one attached hydrogen (secondary N) is 1. The molecule has 0 spiro atoms. The smallest absolute Gasteiger partial charge is 0.255 e. The van der Waals surface area contributed by atoms with E-state index in [0.29, 0.717) is 36.1 Å². The van der Waals surface area contributed by atoms with Gasteiger partial charge in [0.2, 0.25) is 5.91 Å². The Morgan fingerprint density at radius 1 is 1.10 bits per heavy atom. The number of fused-ring (bicyclic) bond motifs is 1. The summed E-state index contributed by atoms with van der Waals surface area (Å²) < 4.78 is 15.2. The van der Waals surface area contributed by atoms with Crippen LogP contribution in [0, 0.1) is 11.7 Å². The summed E-state index contributed by atoms with van der Waals surface area (Å²) in [6, 6.07) is 10.8. The molecule has 1 N–H and O–H groups in total. The van der Waals surface area contributed by atoms with Gasteiger partial charge in [-0.15, -0.1) is 0 Å². The van der Waals surface area contributed by atoms with Gasteiger partial charge in [0, 0.05) is 49.7 Å². The van der Waals surface area contributed by atoms with E-state index in [1.54, 1.807) is 11.9 Å². The predicted molar refractivity (Wildman–Crippen MR) is 157 cm³/mol. The van der Waals surface area contributed by atoms with Crippen molar-refractivity contribution in [3.8, 4) is 0 Å². The number of hydrogen-bond acceptors (Lipinski definition) is 5. The van der Waals surface area contributed by atoms with Crippen molar-refractivity contribution in [2.24, 2.45) is 5.92 Å². The van der Waals surface area contributed by atoms with E-state index in [0.717, 1.165) is 74.7 Å². The number of likely N-dealkylation sites (N-methyl/N-ethyl adjacent to an activating group) is 1. The zero-order chi connectivity index (χ0) is 28.2. The van der Waals surface area contributed by atoms with Crippen molar-refractivity contribution in [1.29, 1.82) is 0 Å². The van der Waals surface area contributed by atoms with Gasteiger partial charge in [-0.25, -0.2) is 4.39 Å². The lowest BCUT2D eigenvalue weighted by atomic mass is 9.87. The van der Waals surface area contributed by atoms with Crippen LogP contribution in [0.3, 0.4) is 0 Å². The Labute approximate surface area is 244 Å². The fraction of sp³-hybridized carbons (Fsp3) is 0.516. The average molecular weight is 614 g/mol. The van der Waals surface area contributed by atoms with Crippen molar-refractivity contribution in [3.63, 3.8) is 0 Å². The summed E-state index contributed by atoms with van der Waals surface area (Å²) in [6.07, 6.45) is 5.68. The molecule has 1 unspecified atom stereocenters. The summed E-state index contributed by atoms with van der Waals surface area (Å²) in [6.45, 7) is 5.39. The minimum atomic E-state index is -0.637. The lowest BCUT2D eigenvalue weighted by Crippen LogP contribution is -2.46. The molecule has 3 aliphatic heterocycles. The van der Waals surface area contributed by atoms with E-state index >= 15 is 0 Å². The molecule has 0 saturated carbocycles. The van der Waals surface area contributed by atoms with E-state index in [2.05, 4.69) is 43.2 Å². The number of carbonyl (C=O) groups is 3. The molecule has 3 aliphatic rings. The van der Waals surface area contributed by atoms with Gasteiger partial charge in [-0.3, -0.25) is 9.59 Å². The van der Waals surface area contributed by atoms with E-state index in [1.807, 2.05) is 18.2 Å². The van der Waals surface area contributed by atoms with Gasteiger partial charge in [0.15, 0.2) is 0 Å². The maximum atomic E-state index is 14.4. The van der Waals surface area contributed by atoms with Crippen LogP contribution >= 0.6 is 15.9 Å². The minimum absolute atomic E-state index is 0.134. The summed E-state index contributed by atoms with van der Waals surface area (Å²) in [5, 5.41) is 2.64. The Kier molecular flexibility index (Phi) is 9.20. The summed E-state index contributed by atoms with van der Waals surface area (Å²) in [5.74, 6) is 0.558. The molecule has 0 bridgehead atoms. The van der Waals surface area contributed by atoms with Crippen molar-refractivity contribution in [3.05, 3.63) is 63.4 Å². The topological polar surface area (TPSA) is 73.0 Å². The van der Waals surface area contributed by atoms with Crippen molar-refractivity contribution in [2.45, 2.75) is 57.0 Å². The van der Waals surface area contributed by atoms with Gasteiger partial charge in [-0.2, -0.15) is 0 Å². The number of piperidine rings is 2. The quantitative estimate of drug-likeness (QED) is 0.414. The number of hydrogen-bond donors (Lipinski definition) is 1. The predicted octanol–water partition coefficient (Wildman–Crippen LogP) is 4.73. The monoisotopic (exact) mass is 612 g/mol. The van der Waals surface area contributed by atoms with Crippen molar-refractivity contribution in [1.82, 2.24) is 15.1 Å². The number of aldehydes is 1. The first-order valence-electron chi connectivity index (χ1n) is 14.4. The molecule has 7 nitrogen and oxygen atoms in total. The second-order valence-corrected chi connectivity index (χ2v) is 12.2. The van der Waals surface area contributed by atoms with Crippen LogP contribution in [0.1, 0.15) is 65.9 Å². The lowest BCUT2D eigenvalue weighted by Gasteiger charge is -2.38. The zero-order valence-electron chi connectivity index (χ0n) is 23.1. The fourth-order valence-electron chi connectivity index (χ4n) is 6.60. The van der Waals surface area contributed by atoms with Crippen molar-refractivity contribution >= 4 is 39.7 Å². The van der Waals surface area contributed by atoms with Crippen LogP contribution in [-0.4, -0.2) is 73.7 Å². The van der Waals surface area contributed by atoms with Gasteiger partial charge in [0.1, 0.15) is 18.1 Å². The zero-order valence-corrected chi connectivity index (χ0v) is 24.7. The Morgan fingerprint density at radius 3 is 2.52 bits per heavy atom. The van der Waals surface area contributed by atoms with Crippen molar-refractivity contribution < 1.29 is 18.8 Å². The Morgan fingerprint density at radius 2 is 1.85 bits per heavy atom. The number of amides is 2. The fourth-order valence-corrected chi connectivity index (χ4v) is 6.93. The molecule has 2 fully saturated rings. The maximum absolute atomic E-state index is 14.4. The molecule has 0 aliphatic carbocycles. The molecule has 40 heavy (non-hydrogen) atoms. The Bertz CT molecular complexity index is 1240. The van der Waals surface area contributed by atoms with Gasteiger partial charge in [-0.05, 0) is 92.4 Å². The SMILES string of the molecule is CNC(=O)C(CCC=O)N1Cc2cc(C3CCN(CC4CCN(c5ccc(Br)cc5F)CC4)CC3)ccc2C1=O. The number of carbonyl (C=O) groups excluding carboxylic acids is 3. The average Bonchev–Trinajstić information content (AvgIpc) is 3.29. The standard InChI is InChI=1S/C31H38BrFN4O3/c1-34-30(39)29(3-2-16-38)37-20-24-17-23(4-6-26(24)31(37)40)22-10-12-35(13-11-22)19-21-8-14-36(15-9-21)28-7-5-25(32)18-27(28)33/h4-7,16-18,21-22,29H,2-3,8-15,19-20H2,1H3,(H,34,39). The van der Waals surface area contributed by atoms with E-state index in [9.17, 15) is 18.8 Å². The number of halogens is 2. The van der Waals surface area contributed by atoms with E-state index < -0.39 is 6.04 Å². The van der Waals surface area contributed by atoms with Gasteiger partial charge in [0.25, 0.3) is 5.91 Å². The first-order chi connectivity index (χ1) is 19.4. The van der Waals surface area contributed by atoms with Crippen LogP contribution in [0.25, 0.3) is 0 Å². The minimum Gasteiger partial charge on any atom is -0.369 e. The van der Waals surface area contributed by atoms with Crippen LogP contribution in [-0.2, 0) is 16.1 Å². The highest BCUT2D eigenvalue weighted by atomic mass is 79.9. The molecule has 0 aromatic heterocycles. The number of anilines is 1. The third-order valence-electron chi connectivity index (χ3n) is 8.88. The number of benzene rings is 2. The van der Waals surface area contributed by atoms with Gasteiger partial charge in [-0.1, -0.05) is 28.1 Å². The molecule has 5 rings (SSSR count). The molecule has 2 saturated heterocycles. The van der Waals surface area contributed by atoms with E-state index in [4.69, 9.17) is 0 Å². The first kappa shape index (κ1) is 28.7. The lowest BCUT2D eigenvalue weighted by molar-refractivity contribution is -0.125. The first-order valence-corrected chi connectivity index (χ1v) is 15.2. The summed E-state index contributed by atoms with van der Waals surface area (Å²) in [7, 11) is 1.56. The van der Waals surface area contributed by atoms with Crippen LogP contribution in [0.4, 0.5) is 10.1 Å². The van der Waals surface area contributed by atoms with Gasteiger partial charge < -0.3 is 24.8 Å². The number of rotatable bonds is 9. The highest BCUT2D eigenvalue weighted by Gasteiger charge is 2.36. The molecule has 2 aromatic carbocycles. The van der Waals surface area contributed by atoms with Crippen LogP contribution in [0.15, 0.2) is 40.9 Å². The number of likely N-dealkylation sites (tertiary alicyclic amines) is 1. The van der Waals surface area contributed by atoms with Crippen LogP contribution < -0.4 is 10.2 Å². The maximum Gasteiger partial charge on any atom is 0.255 e. The molecule has 1 atom stereocenters. The Hall–Kier alpha value is -2.78. The van der Waals surface area contributed by atoms with Gasteiger partial charge >= 0.3 is 0 Å². The second-order valence-electron chi connectivity index (χ2n) is 11.3. The highest BCUT2D eigenvalue weighted by molar-refractivity contribution is 9.10. The molecule has 2 aromatic rings. The summed E-state index contributed by atoms with van der Waals surface area (Å²) in [5.41, 5.74) is 3.60. The molecule has 3 heterocycles. The molecular weight excluding hydrogens is 575 g/mol. The van der Waals surface area contributed by atoms with E-state index in [1.165, 1.54) is 11.6 Å². The molecule has 214 valence electrons. The third-order valence-corrected chi connectivity index (χ3v) is 9.38. The van der Waals surface area contributed by atoms with Crippen LogP contribution in [0.5, 0.6) is 0 Å². The van der Waals surface area contributed by atoms with E-state index in [-0.39, 0.29) is 24.1 Å². The second kappa shape index (κ2) is 12.8. The van der Waals surface area contributed by atoms with Crippen LogP contribution in [0.2, 0.25) is 0 Å². The normalized spacial score (nSPS) is 19.5.